The lowest BCUT2D eigenvalue weighted by Gasteiger charge is -2.36. The molecular formula is C24H30N4O4. The van der Waals surface area contributed by atoms with Gasteiger partial charge in [0, 0.05) is 24.3 Å². The number of carbonyl (C=O) groups excluding carboxylic acids is 2. The second-order valence-electron chi connectivity index (χ2n) is 8.42. The Balaban J connectivity index is 1.62. The summed E-state index contributed by atoms with van der Waals surface area (Å²) in [6.45, 7) is 2.44. The monoisotopic (exact) mass is 438 g/mol. The lowest BCUT2D eigenvalue weighted by Crippen LogP contribution is -2.41. The minimum Gasteiger partial charge on any atom is -0.497 e. The van der Waals surface area contributed by atoms with Crippen molar-refractivity contribution in [1.29, 1.82) is 0 Å². The van der Waals surface area contributed by atoms with Crippen LogP contribution in [0.4, 0.5) is 0 Å². The van der Waals surface area contributed by atoms with Gasteiger partial charge in [0.15, 0.2) is 0 Å². The molecular weight excluding hydrogens is 408 g/mol. The number of rotatable bonds is 7. The van der Waals surface area contributed by atoms with Gasteiger partial charge in [-0.2, -0.15) is 0 Å². The summed E-state index contributed by atoms with van der Waals surface area (Å²) in [7, 11) is 3.19. The first kappa shape index (κ1) is 22.0. The summed E-state index contributed by atoms with van der Waals surface area (Å²) in [5, 5.41) is 3.03. The zero-order chi connectivity index (χ0) is 22.7. The van der Waals surface area contributed by atoms with Crippen molar-refractivity contribution in [2.75, 3.05) is 20.8 Å². The first-order valence-corrected chi connectivity index (χ1v) is 11.1. The highest BCUT2D eigenvalue weighted by atomic mass is 16.5. The van der Waals surface area contributed by atoms with Gasteiger partial charge >= 0.3 is 0 Å². The Morgan fingerprint density at radius 1 is 1.16 bits per heavy atom. The molecule has 1 aliphatic heterocycles. The van der Waals surface area contributed by atoms with Crippen LogP contribution in [0, 0.1) is 6.92 Å². The number of amides is 2. The van der Waals surface area contributed by atoms with E-state index in [9.17, 15) is 9.59 Å². The van der Waals surface area contributed by atoms with Gasteiger partial charge in [-0.15, -0.1) is 0 Å². The molecule has 1 unspecified atom stereocenters. The number of ether oxygens (including phenoxy) is 2. The second-order valence-corrected chi connectivity index (χ2v) is 8.42. The molecule has 1 aromatic carbocycles. The van der Waals surface area contributed by atoms with Crippen LogP contribution in [0.25, 0.3) is 0 Å². The zero-order valence-electron chi connectivity index (χ0n) is 18.9. The predicted molar refractivity (Wildman–Crippen MR) is 119 cm³/mol. The molecule has 1 aromatic heterocycles. The van der Waals surface area contributed by atoms with Crippen molar-refractivity contribution in [2.24, 2.45) is 0 Å². The maximum Gasteiger partial charge on any atom is 0.255 e. The third-order valence-corrected chi connectivity index (χ3v) is 6.06. The van der Waals surface area contributed by atoms with E-state index < -0.39 is 0 Å². The number of likely N-dealkylation sites (tertiary alicyclic amines) is 1. The van der Waals surface area contributed by atoms with Crippen LogP contribution in [0.3, 0.4) is 0 Å². The van der Waals surface area contributed by atoms with Crippen LogP contribution >= 0.6 is 0 Å². The van der Waals surface area contributed by atoms with Crippen molar-refractivity contribution >= 4 is 11.8 Å². The number of aryl methyl sites for hydroxylation is 1. The number of aromatic nitrogens is 2. The minimum absolute atomic E-state index is 0.0222. The van der Waals surface area contributed by atoms with E-state index in [0.29, 0.717) is 35.1 Å². The van der Waals surface area contributed by atoms with E-state index in [-0.39, 0.29) is 30.3 Å². The van der Waals surface area contributed by atoms with Crippen molar-refractivity contribution in [1.82, 2.24) is 20.2 Å². The molecule has 2 fully saturated rings. The summed E-state index contributed by atoms with van der Waals surface area (Å²) in [5.74, 6) is 1.74. The van der Waals surface area contributed by atoms with E-state index in [4.69, 9.17) is 9.47 Å². The zero-order valence-corrected chi connectivity index (χ0v) is 18.9. The summed E-state index contributed by atoms with van der Waals surface area (Å²) in [6, 6.07) is 5.43. The molecule has 32 heavy (non-hydrogen) atoms. The molecule has 1 saturated carbocycles. The number of carbonyl (C=O) groups is 2. The van der Waals surface area contributed by atoms with Crippen LogP contribution in [0.2, 0.25) is 0 Å². The SMILES string of the molecule is COc1ccc(OC)c(CC(=O)N2CCCCC2c2nc(C)ncc2C(=O)NC2CC2)c1. The molecule has 1 N–H and O–H groups in total. The van der Waals surface area contributed by atoms with Crippen LogP contribution in [-0.2, 0) is 11.2 Å². The molecule has 170 valence electrons. The molecule has 8 nitrogen and oxygen atoms in total. The van der Waals surface area contributed by atoms with Gasteiger partial charge < -0.3 is 19.7 Å². The molecule has 2 aromatic rings. The maximum atomic E-state index is 13.5. The van der Waals surface area contributed by atoms with E-state index in [0.717, 1.165) is 37.7 Å². The molecule has 0 radical (unpaired) electrons. The van der Waals surface area contributed by atoms with Gasteiger partial charge in [0.1, 0.15) is 17.3 Å². The van der Waals surface area contributed by atoms with Crippen LogP contribution in [-0.4, -0.2) is 53.5 Å². The summed E-state index contributed by atoms with van der Waals surface area (Å²) in [5.41, 5.74) is 1.87. The van der Waals surface area contributed by atoms with E-state index in [1.54, 1.807) is 20.4 Å². The topological polar surface area (TPSA) is 93.7 Å². The predicted octanol–water partition coefficient (Wildman–Crippen LogP) is 2.99. The second kappa shape index (κ2) is 9.54. The highest BCUT2D eigenvalue weighted by Gasteiger charge is 2.34. The van der Waals surface area contributed by atoms with E-state index in [2.05, 4.69) is 15.3 Å². The molecule has 0 spiro atoms. The number of methoxy groups -OCH3 is 2. The normalized spacial score (nSPS) is 18.2. The fourth-order valence-electron chi connectivity index (χ4n) is 4.21. The van der Waals surface area contributed by atoms with Crippen molar-refractivity contribution in [3.8, 4) is 11.5 Å². The smallest absolute Gasteiger partial charge is 0.255 e. The molecule has 1 atom stereocenters. The van der Waals surface area contributed by atoms with E-state index >= 15 is 0 Å². The Morgan fingerprint density at radius 2 is 1.97 bits per heavy atom. The van der Waals surface area contributed by atoms with Crippen molar-refractivity contribution in [3.63, 3.8) is 0 Å². The third-order valence-electron chi connectivity index (χ3n) is 6.06. The van der Waals surface area contributed by atoms with Crippen LogP contribution in [0.1, 0.15) is 65.6 Å². The van der Waals surface area contributed by atoms with Crippen molar-refractivity contribution in [2.45, 2.75) is 57.5 Å². The van der Waals surface area contributed by atoms with Gasteiger partial charge in [-0.3, -0.25) is 9.59 Å². The highest BCUT2D eigenvalue weighted by Crippen LogP contribution is 2.34. The van der Waals surface area contributed by atoms with Crippen LogP contribution in [0.15, 0.2) is 24.4 Å². The van der Waals surface area contributed by atoms with Gasteiger partial charge in [-0.25, -0.2) is 9.97 Å². The fourth-order valence-corrected chi connectivity index (χ4v) is 4.21. The number of hydrogen-bond acceptors (Lipinski definition) is 6. The Kier molecular flexibility index (Phi) is 6.58. The number of nitrogens with zero attached hydrogens (tertiary/aromatic N) is 3. The van der Waals surface area contributed by atoms with Gasteiger partial charge in [-0.05, 0) is 57.2 Å². The quantitative estimate of drug-likeness (QED) is 0.714. The van der Waals surface area contributed by atoms with Gasteiger partial charge in [-0.1, -0.05) is 0 Å². The van der Waals surface area contributed by atoms with Gasteiger partial charge in [0.05, 0.1) is 37.9 Å². The molecule has 2 aliphatic rings. The lowest BCUT2D eigenvalue weighted by atomic mass is 9.95. The Hall–Kier alpha value is -3.16. The number of hydrogen-bond donors (Lipinski definition) is 1. The molecule has 2 amide bonds. The first-order chi connectivity index (χ1) is 15.5. The third kappa shape index (κ3) is 4.84. The Morgan fingerprint density at radius 3 is 2.69 bits per heavy atom. The van der Waals surface area contributed by atoms with E-state index in [1.807, 2.05) is 30.0 Å². The van der Waals surface area contributed by atoms with Crippen LogP contribution < -0.4 is 14.8 Å². The molecule has 1 saturated heterocycles. The number of nitrogens with one attached hydrogen (secondary N) is 1. The maximum absolute atomic E-state index is 13.5. The Bertz CT molecular complexity index is 1010. The van der Waals surface area contributed by atoms with Crippen molar-refractivity contribution in [3.05, 3.63) is 47.0 Å². The molecule has 1 aliphatic carbocycles. The van der Waals surface area contributed by atoms with Crippen molar-refractivity contribution < 1.29 is 19.1 Å². The standard InChI is InChI=1S/C24H30N4O4/c1-15-25-14-19(24(30)27-17-7-8-17)23(26-15)20-6-4-5-11-28(20)22(29)13-16-12-18(31-2)9-10-21(16)32-3/h9-10,12,14,17,20H,4-8,11,13H2,1-3H3,(H,27,30). The van der Waals surface area contributed by atoms with Gasteiger partial charge in [0.25, 0.3) is 5.91 Å². The summed E-state index contributed by atoms with van der Waals surface area (Å²) < 4.78 is 10.8. The Labute approximate surface area is 188 Å². The summed E-state index contributed by atoms with van der Waals surface area (Å²) in [4.78, 5) is 37.1. The van der Waals surface area contributed by atoms with Gasteiger partial charge in [0.2, 0.25) is 5.91 Å². The molecule has 0 bridgehead atoms. The number of benzene rings is 1. The average molecular weight is 439 g/mol. The first-order valence-electron chi connectivity index (χ1n) is 11.1. The average Bonchev–Trinajstić information content (AvgIpc) is 3.62. The highest BCUT2D eigenvalue weighted by molar-refractivity contribution is 5.95. The van der Waals surface area contributed by atoms with E-state index in [1.165, 1.54) is 0 Å². The minimum atomic E-state index is -0.255. The largest absolute Gasteiger partial charge is 0.497 e. The molecule has 8 heteroatoms. The lowest BCUT2D eigenvalue weighted by molar-refractivity contribution is -0.134. The summed E-state index contributed by atoms with van der Waals surface area (Å²) in [6.07, 6.45) is 6.45. The molecule has 4 rings (SSSR count). The molecule has 2 heterocycles. The summed E-state index contributed by atoms with van der Waals surface area (Å²) >= 11 is 0. The fraction of sp³-hybridized carbons (Fsp3) is 0.500. The van der Waals surface area contributed by atoms with Crippen LogP contribution in [0.5, 0.6) is 11.5 Å². The number of piperidine rings is 1.